The Bertz CT molecular complexity index is 3160. The fourth-order valence-corrected chi connectivity index (χ4v) is 9.25. The van der Waals surface area contributed by atoms with Gasteiger partial charge in [0.05, 0.1) is 0 Å². The van der Waals surface area contributed by atoms with E-state index in [0.717, 1.165) is 50.1 Å². The quantitative estimate of drug-likeness (QED) is 0.161. The number of furan rings is 1. The molecule has 0 saturated carbocycles. The monoisotopic (exact) mass is 755 g/mol. The fourth-order valence-electron chi connectivity index (χ4n) is 9.25. The highest BCUT2D eigenvalue weighted by Crippen LogP contribution is 2.54. The summed E-state index contributed by atoms with van der Waals surface area (Å²) in [7, 11) is 0. The zero-order valence-corrected chi connectivity index (χ0v) is 33.1. The number of para-hydroxylation sites is 2. The Morgan fingerprint density at radius 2 is 0.881 bits per heavy atom. The Hall–Kier alpha value is -7.42. The maximum Gasteiger partial charge on any atom is 0.135 e. The van der Waals surface area contributed by atoms with Gasteiger partial charge in [0, 0.05) is 33.2 Å². The summed E-state index contributed by atoms with van der Waals surface area (Å²) in [6.07, 6.45) is 0. The van der Waals surface area contributed by atoms with Gasteiger partial charge in [0.2, 0.25) is 0 Å². The minimum Gasteiger partial charge on any atom is -0.456 e. The van der Waals surface area contributed by atoms with Crippen LogP contribution in [0.2, 0.25) is 0 Å². The SMILES string of the molecule is CC1(C)c2ccc(-c3cccc(N(c4ccccc4)c4ccc(-c5ccc6oc7ccccc7c6c5)cc4)c3)cc2-c2c(-c3ccccc3)cc(-c3ccccc3)cc21. The van der Waals surface area contributed by atoms with Crippen LogP contribution in [-0.2, 0) is 5.41 Å². The zero-order valence-electron chi connectivity index (χ0n) is 33.1. The Kier molecular flexibility index (Phi) is 8.20. The van der Waals surface area contributed by atoms with Crippen molar-refractivity contribution in [1.82, 2.24) is 0 Å². The number of benzene rings is 9. The highest BCUT2D eigenvalue weighted by molar-refractivity contribution is 6.06. The van der Waals surface area contributed by atoms with Gasteiger partial charge in [-0.15, -0.1) is 0 Å². The highest BCUT2D eigenvalue weighted by Gasteiger charge is 2.38. The summed E-state index contributed by atoms with van der Waals surface area (Å²) in [5.74, 6) is 0. The van der Waals surface area contributed by atoms with Gasteiger partial charge in [0.25, 0.3) is 0 Å². The molecular weight excluding hydrogens is 715 g/mol. The van der Waals surface area contributed by atoms with Crippen molar-refractivity contribution in [1.29, 1.82) is 0 Å². The lowest BCUT2D eigenvalue weighted by Crippen LogP contribution is -2.15. The van der Waals surface area contributed by atoms with Crippen LogP contribution in [0.3, 0.4) is 0 Å². The maximum absolute atomic E-state index is 6.12. The van der Waals surface area contributed by atoms with Crippen LogP contribution in [0.1, 0.15) is 25.0 Å². The minimum atomic E-state index is -0.159. The third kappa shape index (κ3) is 5.96. The number of fused-ring (bicyclic) bond motifs is 6. The van der Waals surface area contributed by atoms with E-state index >= 15 is 0 Å². The van der Waals surface area contributed by atoms with E-state index in [-0.39, 0.29) is 5.41 Å². The van der Waals surface area contributed by atoms with E-state index in [4.69, 9.17) is 4.42 Å². The number of rotatable bonds is 7. The molecule has 10 aromatic rings. The molecule has 11 rings (SSSR count). The third-order valence-corrected chi connectivity index (χ3v) is 12.3. The molecule has 0 atom stereocenters. The van der Waals surface area contributed by atoms with Crippen LogP contribution in [0.5, 0.6) is 0 Å². The van der Waals surface area contributed by atoms with E-state index in [1.54, 1.807) is 0 Å². The summed E-state index contributed by atoms with van der Waals surface area (Å²) in [5, 5.41) is 2.28. The van der Waals surface area contributed by atoms with Gasteiger partial charge in [-0.05, 0) is 140 Å². The number of hydrogen-bond acceptors (Lipinski definition) is 2. The Morgan fingerprint density at radius 3 is 1.66 bits per heavy atom. The van der Waals surface area contributed by atoms with Crippen LogP contribution < -0.4 is 4.90 Å². The second-order valence-corrected chi connectivity index (χ2v) is 16.1. The van der Waals surface area contributed by atoms with Crippen molar-refractivity contribution >= 4 is 39.0 Å². The summed E-state index contributed by atoms with van der Waals surface area (Å²) in [4.78, 5) is 2.35. The molecule has 0 radical (unpaired) electrons. The molecule has 1 aliphatic carbocycles. The molecule has 1 aromatic heterocycles. The van der Waals surface area contributed by atoms with Crippen LogP contribution in [0.4, 0.5) is 17.1 Å². The summed E-state index contributed by atoms with van der Waals surface area (Å²) >= 11 is 0. The molecule has 9 aromatic carbocycles. The maximum atomic E-state index is 6.12. The summed E-state index contributed by atoms with van der Waals surface area (Å²) < 4.78 is 6.12. The summed E-state index contributed by atoms with van der Waals surface area (Å²) in [6, 6.07) is 76.9. The van der Waals surface area contributed by atoms with Gasteiger partial charge >= 0.3 is 0 Å². The third-order valence-electron chi connectivity index (χ3n) is 12.3. The first-order chi connectivity index (χ1) is 29.0. The van der Waals surface area contributed by atoms with Gasteiger partial charge in [-0.2, -0.15) is 0 Å². The van der Waals surface area contributed by atoms with Crippen molar-refractivity contribution in [3.05, 3.63) is 223 Å². The molecule has 0 fully saturated rings. The summed E-state index contributed by atoms with van der Waals surface area (Å²) in [6.45, 7) is 4.75. The predicted octanol–water partition coefficient (Wildman–Crippen LogP) is 16.0. The van der Waals surface area contributed by atoms with E-state index < -0.39 is 0 Å². The lowest BCUT2D eigenvalue weighted by atomic mass is 9.80. The first-order valence-electron chi connectivity index (χ1n) is 20.4. The van der Waals surface area contributed by atoms with Gasteiger partial charge in [0.1, 0.15) is 11.2 Å². The smallest absolute Gasteiger partial charge is 0.135 e. The van der Waals surface area contributed by atoms with Crippen molar-refractivity contribution in [2.45, 2.75) is 19.3 Å². The lowest BCUT2D eigenvalue weighted by Gasteiger charge is -2.26. The predicted molar refractivity (Wildman–Crippen MR) is 248 cm³/mol. The van der Waals surface area contributed by atoms with Crippen LogP contribution in [0.15, 0.2) is 217 Å². The molecule has 280 valence electrons. The first kappa shape index (κ1) is 34.8. The molecule has 59 heavy (non-hydrogen) atoms. The van der Waals surface area contributed by atoms with E-state index in [1.165, 1.54) is 55.6 Å². The molecule has 0 aliphatic heterocycles. The zero-order chi connectivity index (χ0) is 39.5. The Morgan fingerprint density at radius 1 is 0.339 bits per heavy atom. The Balaban J connectivity index is 0.995. The van der Waals surface area contributed by atoms with Gasteiger partial charge in [-0.3, -0.25) is 0 Å². The minimum absolute atomic E-state index is 0.159. The molecule has 0 unspecified atom stereocenters. The van der Waals surface area contributed by atoms with E-state index in [1.807, 2.05) is 12.1 Å². The molecule has 2 heteroatoms. The van der Waals surface area contributed by atoms with Crippen molar-refractivity contribution in [3.63, 3.8) is 0 Å². The second kappa shape index (κ2) is 13.9. The van der Waals surface area contributed by atoms with Gasteiger partial charge in [0.15, 0.2) is 0 Å². The van der Waals surface area contributed by atoms with Gasteiger partial charge < -0.3 is 9.32 Å². The number of nitrogens with zero attached hydrogens (tertiary/aromatic N) is 1. The molecule has 0 bridgehead atoms. The average molecular weight is 756 g/mol. The molecule has 1 heterocycles. The van der Waals surface area contributed by atoms with Crippen LogP contribution in [0, 0.1) is 0 Å². The molecule has 2 nitrogen and oxygen atoms in total. The van der Waals surface area contributed by atoms with Crippen molar-refractivity contribution in [3.8, 4) is 55.6 Å². The Labute approximate surface area is 345 Å². The molecular formula is C57H41NO. The normalized spacial score (nSPS) is 12.7. The standard InChI is InChI=1S/C57H41NO/c1-57(2)52-31-27-43(35-51(52)56-49(40-17-8-4-9-18-40)36-44(37-53(56)57)38-15-6-3-7-16-38)41-19-14-22-47(33-41)58(45-20-10-5-11-21-45)46-29-25-39(26-30-46)42-28-32-55-50(34-42)48-23-12-13-24-54(48)59-55/h3-37H,1-2H3. The first-order valence-corrected chi connectivity index (χ1v) is 20.4. The summed E-state index contributed by atoms with van der Waals surface area (Å²) in [5.41, 5.74) is 20.0. The molecule has 0 saturated heterocycles. The molecule has 1 aliphatic rings. The van der Waals surface area contributed by atoms with Gasteiger partial charge in [-0.1, -0.05) is 153 Å². The molecule has 0 amide bonds. The molecule has 0 spiro atoms. The van der Waals surface area contributed by atoms with E-state index in [2.05, 4.69) is 219 Å². The van der Waals surface area contributed by atoms with Crippen LogP contribution >= 0.6 is 0 Å². The van der Waals surface area contributed by atoms with Crippen molar-refractivity contribution in [2.75, 3.05) is 4.90 Å². The van der Waals surface area contributed by atoms with E-state index in [9.17, 15) is 0 Å². The fraction of sp³-hybridized carbons (Fsp3) is 0.0526. The van der Waals surface area contributed by atoms with Crippen molar-refractivity contribution in [2.24, 2.45) is 0 Å². The van der Waals surface area contributed by atoms with Crippen LogP contribution in [-0.4, -0.2) is 0 Å². The molecule has 0 N–H and O–H groups in total. The van der Waals surface area contributed by atoms with Crippen molar-refractivity contribution < 1.29 is 4.42 Å². The van der Waals surface area contributed by atoms with Crippen LogP contribution in [0.25, 0.3) is 77.6 Å². The lowest BCUT2D eigenvalue weighted by molar-refractivity contribution is 0.661. The number of anilines is 3. The largest absolute Gasteiger partial charge is 0.456 e. The topological polar surface area (TPSA) is 16.4 Å². The van der Waals surface area contributed by atoms with Gasteiger partial charge in [-0.25, -0.2) is 0 Å². The second-order valence-electron chi connectivity index (χ2n) is 16.1. The number of hydrogen-bond donors (Lipinski definition) is 0. The average Bonchev–Trinajstić information content (AvgIpc) is 3.78. The van der Waals surface area contributed by atoms with E-state index in [0.29, 0.717) is 0 Å². The highest BCUT2D eigenvalue weighted by atomic mass is 16.3.